The van der Waals surface area contributed by atoms with E-state index in [-0.39, 0.29) is 10.7 Å². The molecular formula is C5H8N2S. The number of hydrogen-bond donors (Lipinski definition) is 2. The molecule has 0 saturated heterocycles. The molecule has 0 radical (unpaired) electrons. The molecule has 8 heavy (non-hydrogen) atoms. The van der Waals surface area contributed by atoms with Crippen LogP contribution in [0.4, 0.5) is 0 Å². The molecule has 1 aliphatic rings. The van der Waals surface area contributed by atoms with Crippen molar-refractivity contribution in [2.24, 2.45) is 10.9 Å². The summed E-state index contributed by atoms with van der Waals surface area (Å²) in [6.45, 7) is 0. The fraction of sp³-hybridized carbons (Fsp3) is 0. The van der Waals surface area contributed by atoms with E-state index in [0.717, 1.165) is 5.70 Å². The van der Waals surface area contributed by atoms with E-state index in [9.17, 15) is 0 Å². The van der Waals surface area contributed by atoms with Crippen LogP contribution in [0.25, 0.3) is 0 Å². The number of rotatable bonds is 0. The quantitative estimate of drug-likeness (QED) is 0.461. The lowest BCUT2D eigenvalue weighted by Crippen LogP contribution is -1.97. The highest BCUT2D eigenvalue weighted by molar-refractivity contribution is 8.15. The summed E-state index contributed by atoms with van der Waals surface area (Å²) in [5, 5.41) is 9.24. The number of hydrogen-bond acceptors (Lipinski definition) is 2. The van der Waals surface area contributed by atoms with Gasteiger partial charge in [-0.05, 0) is 11.4 Å². The monoisotopic (exact) mass is 128 g/mol. The van der Waals surface area contributed by atoms with Crippen LogP contribution in [0.3, 0.4) is 0 Å². The van der Waals surface area contributed by atoms with Crippen LogP contribution >= 0.6 is 10.7 Å². The van der Waals surface area contributed by atoms with Gasteiger partial charge in [0, 0.05) is 11.1 Å². The van der Waals surface area contributed by atoms with Crippen molar-refractivity contribution in [3.63, 3.8) is 0 Å². The summed E-state index contributed by atoms with van der Waals surface area (Å²) in [7, 11) is -0.219. The molecule has 0 fully saturated rings. The molecule has 0 bridgehead atoms. The highest BCUT2D eigenvalue weighted by Gasteiger charge is 1.86. The second-order valence-corrected chi connectivity index (χ2v) is 2.85. The highest BCUT2D eigenvalue weighted by Crippen LogP contribution is 2.08. The lowest BCUT2D eigenvalue weighted by molar-refractivity contribution is 1.45. The van der Waals surface area contributed by atoms with Crippen LogP contribution < -0.4 is 10.9 Å². The molecule has 1 rings (SSSR count). The number of allylic oxidation sites excluding steroid dienone is 2. The molecule has 0 aromatic heterocycles. The first kappa shape index (κ1) is 5.59. The third-order valence-electron chi connectivity index (χ3n) is 0.797. The van der Waals surface area contributed by atoms with Gasteiger partial charge in [0.25, 0.3) is 0 Å². The van der Waals surface area contributed by atoms with Crippen LogP contribution in [-0.2, 0) is 0 Å². The second-order valence-electron chi connectivity index (χ2n) is 1.52. The zero-order chi connectivity index (χ0) is 5.98. The molecule has 1 aliphatic heterocycles. The molecule has 2 nitrogen and oxygen atoms in total. The first-order valence-corrected chi connectivity index (χ1v) is 3.65. The summed E-state index contributed by atoms with van der Waals surface area (Å²) in [6, 6.07) is 0. The van der Waals surface area contributed by atoms with Gasteiger partial charge in [-0.3, -0.25) is 5.14 Å². The van der Waals surface area contributed by atoms with E-state index in [0.29, 0.717) is 0 Å². The summed E-state index contributed by atoms with van der Waals surface area (Å²) in [5.74, 6) is 0. The van der Waals surface area contributed by atoms with Crippen molar-refractivity contribution in [2.75, 3.05) is 0 Å². The molecule has 0 aliphatic carbocycles. The highest BCUT2D eigenvalue weighted by atomic mass is 32.2. The molecular weight excluding hydrogens is 120 g/mol. The van der Waals surface area contributed by atoms with Gasteiger partial charge < -0.3 is 5.73 Å². The van der Waals surface area contributed by atoms with E-state index in [1.165, 1.54) is 0 Å². The topological polar surface area (TPSA) is 52.0 Å². The van der Waals surface area contributed by atoms with Gasteiger partial charge in [0.2, 0.25) is 0 Å². The van der Waals surface area contributed by atoms with Crippen molar-refractivity contribution in [3.05, 3.63) is 23.3 Å². The van der Waals surface area contributed by atoms with Crippen molar-refractivity contribution in [1.29, 1.82) is 0 Å². The predicted octanol–water partition coefficient (Wildman–Crippen LogP) is 0.301. The smallest absolute Gasteiger partial charge is 0.0385 e. The molecule has 1 heterocycles. The van der Waals surface area contributed by atoms with Crippen molar-refractivity contribution in [3.8, 4) is 0 Å². The Bertz CT molecular complexity index is 176. The molecule has 0 spiro atoms. The van der Waals surface area contributed by atoms with Gasteiger partial charge in [-0.25, -0.2) is 0 Å². The summed E-state index contributed by atoms with van der Waals surface area (Å²) in [4.78, 5) is 0. The Labute approximate surface area is 50.9 Å². The fourth-order valence-corrected chi connectivity index (χ4v) is 1.21. The Hall–Kier alpha value is -0.540. The third-order valence-corrected chi connectivity index (χ3v) is 1.81. The molecule has 1 unspecified atom stereocenters. The molecule has 0 aromatic carbocycles. The normalized spacial score (nSPS) is 26.6. The van der Waals surface area contributed by atoms with Crippen LogP contribution in [0.1, 0.15) is 0 Å². The Morgan fingerprint density at radius 3 is 2.62 bits per heavy atom. The molecule has 0 amide bonds. The van der Waals surface area contributed by atoms with Gasteiger partial charge in [-0.1, -0.05) is 16.7 Å². The molecule has 0 aromatic rings. The van der Waals surface area contributed by atoms with Crippen molar-refractivity contribution < 1.29 is 0 Å². The zero-order valence-corrected chi connectivity index (χ0v) is 5.19. The first-order valence-electron chi connectivity index (χ1n) is 2.24. The third kappa shape index (κ3) is 1.21. The van der Waals surface area contributed by atoms with Crippen LogP contribution in [0.2, 0.25) is 0 Å². The van der Waals surface area contributed by atoms with Crippen molar-refractivity contribution in [2.45, 2.75) is 0 Å². The first-order chi connectivity index (χ1) is 3.79. The Balaban J connectivity index is 2.89. The van der Waals surface area contributed by atoms with Crippen LogP contribution in [0.5, 0.6) is 0 Å². The van der Waals surface area contributed by atoms with E-state index in [1.807, 2.05) is 22.9 Å². The predicted molar refractivity (Wildman–Crippen MR) is 39.3 cm³/mol. The molecule has 3 heteroatoms. The maximum atomic E-state index is 5.49. The SMILES string of the molecule is NC1=CS(N)=CC=C1. The van der Waals surface area contributed by atoms with Crippen LogP contribution in [-0.4, -0.2) is 5.37 Å². The van der Waals surface area contributed by atoms with Crippen molar-refractivity contribution >= 4 is 16.0 Å². The zero-order valence-electron chi connectivity index (χ0n) is 4.37. The van der Waals surface area contributed by atoms with Gasteiger partial charge in [0.1, 0.15) is 0 Å². The van der Waals surface area contributed by atoms with Gasteiger partial charge >= 0.3 is 0 Å². The minimum Gasteiger partial charge on any atom is -0.398 e. The summed E-state index contributed by atoms with van der Waals surface area (Å²) in [5.41, 5.74) is 6.17. The summed E-state index contributed by atoms with van der Waals surface area (Å²) < 4.78 is 0. The van der Waals surface area contributed by atoms with E-state index in [2.05, 4.69) is 0 Å². The molecule has 1 atom stereocenters. The largest absolute Gasteiger partial charge is 0.398 e. The van der Waals surface area contributed by atoms with Gasteiger partial charge in [0.05, 0.1) is 0 Å². The lowest BCUT2D eigenvalue weighted by Gasteiger charge is -1.98. The van der Waals surface area contributed by atoms with Crippen LogP contribution in [0, 0.1) is 0 Å². The van der Waals surface area contributed by atoms with Gasteiger partial charge in [-0.2, -0.15) is 0 Å². The minimum absolute atomic E-state index is 0.219. The van der Waals surface area contributed by atoms with E-state index < -0.39 is 0 Å². The minimum atomic E-state index is -0.219. The average Bonchev–Trinajstić information content (AvgIpc) is 1.64. The van der Waals surface area contributed by atoms with Crippen molar-refractivity contribution in [1.82, 2.24) is 0 Å². The Morgan fingerprint density at radius 2 is 2.25 bits per heavy atom. The fourth-order valence-electron chi connectivity index (χ4n) is 0.477. The maximum absolute atomic E-state index is 5.49. The van der Waals surface area contributed by atoms with Gasteiger partial charge in [-0.15, -0.1) is 0 Å². The van der Waals surface area contributed by atoms with E-state index >= 15 is 0 Å². The summed E-state index contributed by atoms with van der Waals surface area (Å²) >= 11 is 0. The maximum Gasteiger partial charge on any atom is 0.0385 e. The Morgan fingerprint density at radius 1 is 1.50 bits per heavy atom. The van der Waals surface area contributed by atoms with Crippen LogP contribution in [0.15, 0.2) is 23.3 Å². The van der Waals surface area contributed by atoms with E-state index in [1.54, 1.807) is 0 Å². The summed E-state index contributed by atoms with van der Waals surface area (Å²) in [6.07, 6.45) is 3.70. The van der Waals surface area contributed by atoms with E-state index in [4.69, 9.17) is 10.9 Å². The second kappa shape index (κ2) is 2.15. The van der Waals surface area contributed by atoms with Gasteiger partial charge in [0.15, 0.2) is 0 Å². The lowest BCUT2D eigenvalue weighted by atomic mass is 10.4. The molecule has 44 valence electrons. The standard InChI is InChI=1S/C5H8N2S/c6-5-2-1-3-8(7)4-5/h1-4H,6-7H2. The average molecular weight is 128 g/mol. The number of nitrogens with two attached hydrogens (primary N) is 2. The molecule has 0 saturated carbocycles. The molecule has 4 N–H and O–H groups in total. The Kier molecular flexibility index (Phi) is 1.50.